The molecule has 0 aromatic carbocycles. The summed E-state index contributed by atoms with van der Waals surface area (Å²) in [5, 5.41) is 0. The van der Waals surface area contributed by atoms with Gasteiger partial charge >= 0.3 is 18.9 Å². The van der Waals surface area contributed by atoms with Crippen molar-refractivity contribution in [2.75, 3.05) is 0 Å². The van der Waals surface area contributed by atoms with Crippen LogP contribution in [0.5, 0.6) is 0 Å². The summed E-state index contributed by atoms with van der Waals surface area (Å²) in [5.74, 6) is 0. The average Bonchev–Trinajstić information content (AvgIpc) is 1.87. The fourth-order valence-electron chi connectivity index (χ4n) is 0.608. The summed E-state index contributed by atoms with van der Waals surface area (Å²) in [6.07, 6.45) is 1.87. The Balaban J connectivity index is 0.000000490. The Kier molecular flexibility index (Phi) is 2.97. The van der Waals surface area contributed by atoms with Crippen molar-refractivity contribution in [3.63, 3.8) is 0 Å². The first-order chi connectivity index (χ1) is 3.29. The van der Waals surface area contributed by atoms with E-state index in [9.17, 15) is 0 Å². The fraction of sp³-hybridized carbons (Fsp3) is 0.333. The van der Waals surface area contributed by atoms with Crippen LogP contribution < -0.4 is 23.8 Å². The Hall–Kier alpha value is -0.123. The molecular weight excluding hydrogens is 93.0 g/mol. The topological polar surface area (TPSA) is 14.1 Å². The Labute approximate surface area is 61.7 Å². The van der Waals surface area contributed by atoms with Crippen LogP contribution in [0.3, 0.4) is 0 Å². The maximum atomic E-state index is 4.02. The second kappa shape index (κ2) is 3.01. The molecule has 0 saturated heterocycles. The quantitative estimate of drug-likeness (QED) is 0.354. The van der Waals surface area contributed by atoms with Crippen LogP contribution in [0, 0.1) is 13.8 Å². The first-order valence-corrected chi connectivity index (χ1v) is 2.35. The van der Waals surface area contributed by atoms with Crippen LogP contribution >= 0.6 is 0 Å². The van der Waals surface area contributed by atoms with Crippen LogP contribution in [0.1, 0.15) is 11.3 Å². The Morgan fingerprint density at radius 1 is 1.38 bits per heavy atom. The minimum atomic E-state index is 0. The van der Waals surface area contributed by atoms with Crippen molar-refractivity contribution >= 4 is 0 Å². The molecule has 1 heterocycles. The number of hydrogen-bond acceptors (Lipinski definition) is 0. The standard InChI is InChI=1S/C6H8N.Li/c1-5-3-6(2)7-4-5;/h3-4H,1-2H3;/q-1;+1. The molecule has 1 nitrogen and oxygen atoms in total. The number of rotatable bonds is 0. The molecule has 0 spiro atoms. The van der Waals surface area contributed by atoms with Gasteiger partial charge in [-0.2, -0.15) is 11.9 Å². The van der Waals surface area contributed by atoms with Crippen molar-refractivity contribution in [1.82, 2.24) is 4.98 Å². The molecule has 8 heavy (non-hydrogen) atoms. The third-order valence-electron chi connectivity index (χ3n) is 0.908. The molecule has 1 aromatic rings. The second-order valence-corrected chi connectivity index (χ2v) is 1.79. The van der Waals surface area contributed by atoms with E-state index in [4.69, 9.17) is 0 Å². The Morgan fingerprint density at radius 2 is 2.00 bits per heavy atom. The average molecular weight is 101 g/mol. The van der Waals surface area contributed by atoms with E-state index in [2.05, 4.69) is 11.1 Å². The van der Waals surface area contributed by atoms with Gasteiger partial charge in [0, 0.05) is 0 Å². The number of nitrogens with zero attached hydrogens (tertiary/aromatic N) is 1. The SMILES string of the molecule is Cc1c[n-]c(C)c1.[Li+]. The Morgan fingerprint density at radius 3 is 2.12 bits per heavy atom. The monoisotopic (exact) mass is 101 g/mol. The zero-order chi connectivity index (χ0) is 5.28. The van der Waals surface area contributed by atoms with E-state index in [1.54, 1.807) is 0 Å². The normalized spacial score (nSPS) is 8.25. The molecule has 0 N–H and O–H groups in total. The van der Waals surface area contributed by atoms with Gasteiger partial charge in [0.1, 0.15) is 0 Å². The maximum absolute atomic E-state index is 4.02. The minimum absolute atomic E-state index is 0. The summed E-state index contributed by atoms with van der Waals surface area (Å²) in [7, 11) is 0. The van der Waals surface area contributed by atoms with E-state index >= 15 is 0 Å². The third-order valence-corrected chi connectivity index (χ3v) is 0.908. The molecule has 0 fully saturated rings. The van der Waals surface area contributed by atoms with Crippen molar-refractivity contribution < 1.29 is 18.9 Å². The summed E-state index contributed by atoms with van der Waals surface area (Å²) < 4.78 is 0. The van der Waals surface area contributed by atoms with E-state index in [-0.39, 0.29) is 18.9 Å². The summed E-state index contributed by atoms with van der Waals surface area (Å²) in [6, 6.07) is 2.06. The molecule has 0 aliphatic heterocycles. The van der Waals surface area contributed by atoms with Crippen molar-refractivity contribution in [2.24, 2.45) is 0 Å². The van der Waals surface area contributed by atoms with E-state index in [0.29, 0.717) is 0 Å². The van der Waals surface area contributed by atoms with Crippen molar-refractivity contribution in [3.8, 4) is 0 Å². The van der Waals surface area contributed by atoms with Gasteiger partial charge in [-0.05, 0) is 6.92 Å². The van der Waals surface area contributed by atoms with Gasteiger partial charge in [-0.15, -0.1) is 0 Å². The number of hydrogen-bond donors (Lipinski definition) is 0. The minimum Gasteiger partial charge on any atom is -0.668 e. The molecule has 1 rings (SSSR count). The van der Waals surface area contributed by atoms with Crippen LogP contribution in [0.4, 0.5) is 0 Å². The van der Waals surface area contributed by atoms with Gasteiger partial charge in [-0.25, -0.2) is 0 Å². The molecule has 0 amide bonds. The van der Waals surface area contributed by atoms with Crippen molar-refractivity contribution in [1.29, 1.82) is 0 Å². The molecule has 0 radical (unpaired) electrons. The first-order valence-electron chi connectivity index (χ1n) is 2.35. The van der Waals surface area contributed by atoms with Gasteiger partial charge in [0.05, 0.1) is 0 Å². The third kappa shape index (κ3) is 1.77. The van der Waals surface area contributed by atoms with E-state index in [1.807, 2.05) is 20.0 Å². The van der Waals surface area contributed by atoms with Crippen LogP contribution in [0.25, 0.3) is 0 Å². The number of aryl methyl sites for hydroxylation is 2. The summed E-state index contributed by atoms with van der Waals surface area (Å²) in [6.45, 7) is 4.03. The molecular formula is C6H8LiN. The van der Waals surface area contributed by atoms with Gasteiger partial charge in [0.2, 0.25) is 0 Å². The molecule has 0 aliphatic rings. The molecule has 2 heteroatoms. The number of aromatic nitrogens is 1. The first kappa shape index (κ1) is 7.88. The van der Waals surface area contributed by atoms with Crippen molar-refractivity contribution in [3.05, 3.63) is 23.5 Å². The zero-order valence-electron chi connectivity index (χ0n) is 5.60. The fourth-order valence-corrected chi connectivity index (χ4v) is 0.608. The smallest absolute Gasteiger partial charge is 0.668 e. The molecule has 0 saturated carbocycles. The van der Waals surface area contributed by atoms with Crippen LogP contribution in [0.15, 0.2) is 12.3 Å². The van der Waals surface area contributed by atoms with Crippen LogP contribution in [-0.4, -0.2) is 0 Å². The summed E-state index contributed by atoms with van der Waals surface area (Å²) >= 11 is 0. The van der Waals surface area contributed by atoms with E-state index in [1.165, 1.54) is 5.56 Å². The largest absolute Gasteiger partial charge is 1.00 e. The van der Waals surface area contributed by atoms with Crippen LogP contribution in [-0.2, 0) is 0 Å². The zero-order valence-corrected chi connectivity index (χ0v) is 5.60. The Bertz CT molecular complexity index is 141. The maximum Gasteiger partial charge on any atom is 1.00 e. The van der Waals surface area contributed by atoms with Gasteiger partial charge in [-0.3, -0.25) is 0 Å². The van der Waals surface area contributed by atoms with Gasteiger partial charge in [0.15, 0.2) is 0 Å². The summed E-state index contributed by atoms with van der Waals surface area (Å²) in [4.78, 5) is 4.02. The van der Waals surface area contributed by atoms with Gasteiger partial charge in [-0.1, -0.05) is 18.6 Å². The van der Waals surface area contributed by atoms with Gasteiger partial charge in [0.25, 0.3) is 0 Å². The molecule has 0 bridgehead atoms. The summed E-state index contributed by atoms with van der Waals surface area (Å²) in [5.41, 5.74) is 2.36. The van der Waals surface area contributed by atoms with E-state index in [0.717, 1.165) is 5.69 Å². The predicted octanol–water partition coefficient (Wildman–Crippen LogP) is -1.74. The molecule has 38 valence electrons. The molecule has 1 aromatic heterocycles. The molecule has 0 unspecified atom stereocenters. The van der Waals surface area contributed by atoms with Gasteiger partial charge < -0.3 is 4.98 Å². The molecule has 0 aliphatic carbocycles. The second-order valence-electron chi connectivity index (χ2n) is 1.79. The van der Waals surface area contributed by atoms with Crippen LogP contribution in [0.2, 0.25) is 0 Å². The predicted molar refractivity (Wildman–Crippen MR) is 29.2 cm³/mol. The molecule has 0 atom stereocenters. The van der Waals surface area contributed by atoms with E-state index < -0.39 is 0 Å². The van der Waals surface area contributed by atoms with Crippen molar-refractivity contribution in [2.45, 2.75) is 13.8 Å².